The van der Waals surface area contributed by atoms with Gasteiger partial charge in [-0.3, -0.25) is 10.1 Å². The fourth-order valence-electron chi connectivity index (χ4n) is 2.08. The molecule has 1 unspecified atom stereocenters. The van der Waals surface area contributed by atoms with Gasteiger partial charge in [0.15, 0.2) is 0 Å². The summed E-state index contributed by atoms with van der Waals surface area (Å²) < 4.78 is 10.7. The molecule has 0 spiro atoms. The normalized spacial score (nSPS) is 11.8. The fourth-order valence-corrected chi connectivity index (χ4v) is 2.76. The van der Waals surface area contributed by atoms with E-state index in [4.69, 9.17) is 8.83 Å². The Morgan fingerprint density at radius 1 is 1.15 bits per heavy atom. The lowest BCUT2D eigenvalue weighted by Gasteiger charge is -2.10. The molecule has 0 fully saturated rings. The Balaban J connectivity index is 1.55. The number of aryl methyl sites for hydroxylation is 1. The van der Waals surface area contributed by atoms with E-state index in [0.717, 1.165) is 11.8 Å². The monoisotopic (exact) mass is 372 g/mol. The number of furan rings is 1. The third kappa shape index (κ3) is 4.31. The van der Waals surface area contributed by atoms with Gasteiger partial charge < -0.3 is 14.2 Å². The van der Waals surface area contributed by atoms with E-state index in [1.54, 1.807) is 44.2 Å². The van der Waals surface area contributed by atoms with Crippen LogP contribution in [-0.2, 0) is 4.79 Å². The van der Waals surface area contributed by atoms with E-state index in [-0.39, 0.29) is 5.22 Å². The molecule has 3 aromatic rings. The van der Waals surface area contributed by atoms with Crippen molar-refractivity contribution in [3.63, 3.8) is 0 Å². The maximum Gasteiger partial charge on any atom is 0.325 e. The number of para-hydroxylation sites is 1. The summed E-state index contributed by atoms with van der Waals surface area (Å²) in [4.78, 5) is 24.0. The van der Waals surface area contributed by atoms with Crippen LogP contribution in [0, 0.1) is 6.92 Å². The number of carbonyl (C=O) groups excluding carboxylic acids is 2. The second-order valence-electron chi connectivity index (χ2n) is 5.33. The average molecular weight is 372 g/mol. The molecule has 2 N–H and O–H groups in total. The number of rotatable bonds is 5. The van der Waals surface area contributed by atoms with Crippen LogP contribution in [0.5, 0.6) is 0 Å². The van der Waals surface area contributed by atoms with Gasteiger partial charge >= 0.3 is 6.03 Å². The van der Waals surface area contributed by atoms with Gasteiger partial charge in [0.1, 0.15) is 5.76 Å². The fraction of sp³-hybridized carbons (Fsp3) is 0.176. The van der Waals surface area contributed by atoms with Crippen LogP contribution < -0.4 is 10.6 Å². The van der Waals surface area contributed by atoms with E-state index in [2.05, 4.69) is 20.8 Å². The molecule has 26 heavy (non-hydrogen) atoms. The number of anilines is 1. The number of urea groups is 1. The van der Waals surface area contributed by atoms with Crippen molar-refractivity contribution in [1.29, 1.82) is 0 Å². The zero-order valence-electron chi connectivity index (χ0n) is 14.1. The molecule has 2 aromatic heterocycles. The molecule has 134 valence electrons. The Kier molecular flexibility index (Phi) is 5.37. The van der Waals surface area contributed by atoms with Gasteiger partial charge in [0.05, 0.1) is 17.1 Å². The number of nitrogens with zero attached hydrogens (tertiary/aromatic N) is 2. The highest BCUT2D eigenvalue weighted by Gasteiger charge is 2.21. The molecular formula is C17H16N4O4S. The van der Waals surface area contributed by atoms with Gasteiger partial charge in [-0.25, -0.2) is 4.79 Å². The minimum Gasteiger partial charge on any atom is -0.469 e. The quantitative estimate of drug-likeness (QED) is 0.660. The molecule has 3 amide bonds. The van der Waals surface area contributed by atoms with E-state index < -0.39 is 17.2 Å². The number of benzene rings is 1. The predicted octanol–water partition coefficient (Wildman–Crippen LogP) is 3.47. The van der Waals surface area contributed by atoms with E-state index in [9.17, 15) is 9.59 Å². The van der Waals surface area contributed by atoms with Gasteiger partial charge in [0.2, 0.25) is 5.91 Å². The van der Waals surface area contributed by atoms with Gasteiger partial charge in [0.25, 0.3) is 11.1 Å². The van der Waals surface area contributed by atoms with E-state index in [1.165, 1.54) is 6.26 Å². The Morgan fingerprint density at radius 3 is 2.62 bits per heavy atom. The van der Waals surface area contributed by atoms with Gasteiger partial charge in [-0.15, -0.1) is 10.2 Å². The summed E-state index contributed by atoms with van der Waals surface area (Å²) in [6, 6.07) is 9.96. The molecule has 2 heterocycles. The zero-order valence-corrected chi connectivity index (χ0v) is 14.9. The lowest BCUT2D eigenvalue weighted by Crippen LogP contribution is -2.38. The molecule has 0 aliphatic carbocycles. The molecule has 8 nitrogen and oxygen atoms in total. The zero-order chi connectivity index (χ0) is 18.5. The molecule has 9 heteroatoms. The number of thioether (sulfide) groups is 1. The first-order valence-corrected chi connectivity index (χ1v) is 8.62. The first-order chi connectivity index (χ1) is 12.5. The van der Waals surface area contributed by atoms with Gasteiger partial charge in [-0.1, -0.05) is 30.0 Å². The Bertz CT molecular complexity index is 906. The van der Waals surface area contributed by atoms with Crippen LogP contribution in [0.4, 0.5) is 10.5 Å². The number of aromatic nitrogens is 2. The number of amides is 3. The van der Waals surface area contributed by atoms with Gasteiger partial charge in [-0.05, 0) is 32.0 Å². The van der Waals surface area contributed by atoms with Crippen LogP contribution in [0.2, 0.25) is 0 Å². The molecule has 0 saturated carbocycles. The maximum absolute atomic E-state index is 12.1. The van der Waals surface area contributed by atoms with Crippen LogP contribution >= 0.6 is 11.8 Å². The number of hydrogen-bond acceptors (Lipinski definition) is 7. The molecule has 1 aromatic carbocycles. The molecule has 3 rings (SSSR count). The lowest BCUT2D eigenvalue weighted by atomic mass is 10.3. The first kappa shape index (κ1) is 17.7. The van der Waals surface area contributed by atoms with Crippen LogP contribution in [0.15, 0.2) is 56.7 Å². The maximum atomic E-state index is 12.1. The number of carbonyl (C=O) groups is 2. The summed E-state index contributed by atoms with van der Waals surface area (Å²) in [5.41, 5.74) is 1.29. The summed E-state index contributed by atoms with van der Waals surface area (Å²) >= 11 is 1.06. The number of nitrogens with one attached hydrogen (secondary N) is 2. The molecule has 1 atom stereocenters. The van der Waals surface area contributed by atoms with Crippen molar-refractivity contribution in [2.75, 3.05) is 5.32 Å². The Morgan fingerprint density at radius 2 is 1.92 bits per heavy atom. The molecule has 0 aliphatic rings. The minimum absolute atomic E-state index is 0.228. The standard InChI is InChI=1S/C17H16N4O4S/c1-10-13(8-9-24-10)15-20-21-17(25-15)26-11(2)14(22)19-16(23)18-12-6-4-3-5-7-12/h3-9,11H,1-2H3,(H2,18,19,22,23). The highest BCUT2D eigenvalue weighted by molar-refractivity contribution is 8.00. The highest BCUT2D eigenvalue weighted by atomic mass is 32.2. The van der Waals surface area contributed by atoms with Crippen LogP contribution in [-0.4, -0.2) is 27.4 Å². The Labute approximate surface area is 153 Å². The second kappa shape index (κ2) is 7.87. The average Bonchev–Trinajstić information content (AvgIpc) is 3.24. The molecule has 0 saturated heterocycles. The SMILES string of the molecule is Cc1occc1-c1nnc(SC(C)C(=O)NC(=O)Nc2ccccc2)o1. The van der Waals surface area contributed by atoms with Crippen molar-refractivity contribution in [2.24, 2.45) is 0 Å². The predicted molar refractivity (Wildman–Crippen MR) is 95.7 cm³/mol. The Hall–Kier alpha value is -3.07. The van der Waals surface area contributed by atoms with Crippen molar-refractivity contribution in [3.8, 4) is 11.5 Å². The summed E-state index contributed by atoms with van der Waals surface area (Å²) in [6.07, 6.45) is 1.53. The van der Waals surface area contributed by atoms with E-state index >= 15 is 0 Å². The molecule has 0 aliphatic heterocycles. The molecular weight excluding hydrogens is 356 g/mol. The van der Waals surface area contributed by atoms with E-state index in [1.807, 2.05) is 6.07 Å². The van der Waals surface area contributed by atoms with Crippen molar-refractivity contribution >= 4 is 29.4 Å². The third-order valence-electron chi connectivity index (χ3n) is 3.41. The number of hydrogen-bond donors (Lipinski definition) is 2. The first-order valence-electron chi connectivity index (χ1n) is 7.74. The summed E-state index contributed by atoms with van der Waals surface area (Å²) in [6.45, 7) is 3.43. The van der Waals surface area contributed by atoms with Crippen molar-refractivity contribution in [3.05, 3.63) is 48.4 Å². The van der Waals surface area contributed by atoms with E-state index in [0.29, 0.717) is 22.9 Å². The topological polar surface area (TPSA) is 110 Å². The van der Waals surface area contributed by atoms with Crippen molar-refractivity contribution < 1.29 is 18.4 Å². The third-order valence-corrected chi connectivity index (χ3v) is 4.35. The largest absolute Gasteiger partial charge is 0.469 e. The number of imide groups is 1. The molecule has 0 bridgehead atoms. The van der Waals surface area contributed by atoms with Crippen LogP contribution in [0.25, 0.3) is 11.5 Å². The second-order valence-corrected chi connectivity index (χ2v) is 6.63. The van der Waals surface area contributed by atoms with Gasteiger partial charge in [0, 0.05) is 5.69 Å². The van der Waals surface area contributed by atoms with Crippen molar-refractivity contribution in [1.82, 2.24) is 15.5 Å². The smallest absolute Gasteiger partial charge is 0.325 e. The molecule has 0 radical (unpaired) electrons. The minimum atomic E-state index is -0.603. The lowest BCUT2D eigenvalue weighted by molar-refractivity contribution is -0.119. The highest BCUT2D eigenvalue weighted by Crippen LogP contribution is 2.28. The van der Waals surface area contributed by atoms with Crippen molar-refractivity contribution in [2.45, 2.75) is 24.3 Å². The summed E-state index contributed by atoms with van der Waals surface area (Å²) in [5.74, 6) is 0.504. The summed E-state index contributed by atoms with van der Waals surface area (Å²) in [5, 5.41) is 12.3. The van der Waals surface area contributed by atoms with Crippen LogP contribution in [0.1, 0.15) is 12.7 Å². The van der Waals surface area contributed by atoms with Crippen LogP contribution in [0.3, 0.4) is 0 Å². The summed E-state index contributed by atoms with van der Waals surface area (Å²) in [7, 11) is 0. The van der Waals surface area contributed by atoms with Gasteiger partial charge in [-0.2, -0.15) is 0 Å².